The lowest BCUT2D eigenvalue weighted by Crippen LogP contribution is -1.94. The average molecular weight is 177 g/mol. The number of aromatic nitrogens is 1. The van der Waals surface area contributed by atoms with Crippen LogP contribution in [0.2, 0.25) is 0 Å². The highest BCUT2D eigenvalue weighted by atomic mass is 19.1. The first-order chi connectivity index (χ1) is 6.18. The van der Waals surface area contributed by atoms with Crippen LogP contribution in [0.15, 0.2) is 24.4 Å². The van der Waals surface area contributed by atoms with Gasteiger partial charge < -0.3 is 11.5 Å². The van der Waals surface area contributed by atoms with E-state index in [0.29, 0.717) is 11.2 Å². The Morgan fingerprint density at radius 3 is 2.77 bits per heavy atom. The van der Waals surface area contributed by atoms with Gasteiger partial charge >= 0.3 is 0 Å². The Labute approximate surface area is 74.2 Å². The van der Waals surface area contributed by atoms with E-state index >= 15 is 0 Å². The molecule has 1 aromatic heterocycles. The van der Waals surface area contributed by atoms with Gasteiger partial charge in [-0.25, -0.2) is 9.37 Å². The summed E-state index contributed by atoms with van der Waals surface area (Å²) in [5, 5.41) is 1.39. The van der Waals surface area contributed by atoms with Crippen LogP contribution in [-0.2, 0) is 0 Å². The standard InChI is InChI=1S/C9H8FN3/c10-7-4-6-5(3-8(7)11)1-2-13-9(6)12/h1-4H,11H2,(H2,12,13). The molecule has 1 heterocycles. The third kappa shape index (κ3) is 1.16. The van der Waals surface area contributed by atoms with Crippen LogP contribution in [0.25, 0.3) is 10.8 Å². The Balaban J connectivity index is 2.89. The molecule has 0 unspecified atom stereocenters. The van der Waals surface area contributed by atoms with Crippen molar-refractivity contribution < 1.29 is 4.39 Å². The zero-order valence-corrected chi connectivity index (χ0v) is 6.79. The molecule has 0 bridgehead atoms. The summed E-state index contributed by atoms with van der Waals surface area (Å²) in [5.74, 6) is -0.149. The van der Waals surface area contributed by atoms with Crippen molar-refractivity contribution in [2.24, 2.45) is 0 Å². The van der Waals surface area contributed by atoms with Crippen LogP contribution in [0.1, 0.15) is 0 Å². The molecule has 2 rings (SSSR count). The van der Waals surface area contributed by atoms with Crippen molar-refractivity contribution >= 4 is 22.3 Å². The third-order valence-corrected chi connectivity index (χ3v) is 1.91. The van der Waals surface area contributed by atoms with Crippen molar-refractivity contribution in [3.05, 3.63) is 30.2 Å². The van der Waals surface area contributed by atoms with Crippen molar-refractivity contribution in [1.29, 1.82) is 0 Å². The molecule has 3 nitrogen and oxygen atoms in total. The molecule has 0 atom stereocenters. The van der Waals surface area contributed by atoms with Gasteiger partial charge in [0.2, 0.25) is 0 Å². The first-order valence-electron chi connectivity index (χ1n) is 3.77. The van der Waals surface area contributed by atoms with Crippen molar-refractivity contribution in [3.8, 4) is 0 Å². The number of nitrogens with two attached hydrogens (primary N) is 2. The molecule has 0 saturated heterocycles. The van der Waals surface area contributed by atoms with Gasteiger partial charge in [0.1, 0.15) is 11.6 Å². The Bertz CT molecular complexity index is 468. The summed E-state index contributed by atoms with van der Waals surface area (Å²) in [7, 11) is 0. The Morgan fingerprint density at radius 1 is 1.23 bits per heavy atom. The fourth-order valence-corrected chi connectivity index (χ4v) is 1.23. The molecule has 0 fully saturated rings. The zero-order valence-electron chi connectivity index (χ0n) is 6.79. The molecule has 0 spiro atoms. The number of halogens is 1. The maximum absolute atomic E-state index is 13.0. The molecule has 0 radical (unpaired) electrons. The Hall–Kier alpha value is -1.84. The van der Waals surface area contributed by atoms with Gasteiger partial charge in [0, 0.05) is 11.6 Å². The van der Waals surface area contributed by atoms with Gasteiger partial charge in [-0.2, -0.15) is 0 Å². The van der Waals surface area contributed by atoms with E-state index in [2.05, 4.69) is 4.98 Å². The summed E-state index contributed by atoms with van der Waals surface area (Å²) in [6, 6.07) is 4.58. The molecule has 0 aliphatic rings. The number of pyridine rings is 1. The number of nitrogens with zero attached hydrogens (tertiary/aromatic N) is 1. The molecule has 0 saturated carbocycles. The Kier molecular flexibility index (Phi) is 1.55. The van der Waals surface area contributed by atoms with Crippen molar-refractivity contribution in [3.63, 3.8) is 0 Å². The van der Waals surface area contributed by atoms with Crippen molar-refractivity contribution in [2.45, 2.75) is 0 Å². The highest BCUT2D eigenvalue weighted by molar-refractivity contribution is 5.92. The molecule has 0 aliphatic carbocycles. The minimum Gasteiger partial charge on any atom is -0.396 e. The van der Waals surface area contributed by atoms with Crippen LogP contribution in [0.5, 0.6) is 0 Å². The highest BCUT2D eigenvalue weighted by Crippen LogP contribution is 2.23. The fourth-order valence-electron chi connectivity index (χ4n) is 1.23. The number of nitrogen functional groups attached to an aromatic ring is 2. The van der Waals surface area contributed by atoms with Gasteiger partial charge in [-0.1, -0.05) is 0 Å². The maximum Gasteiger partial charge on any atom is 0.146 e. The monoisotopic (exact) mass is 177 g/mol. The molecule has 2 aromatic rings. The first-order valence-corrected chi connectivity index (χ1v) is 3.77. The lowest BCUT2D eigenvalue weighted by Gasteiger charge is -2.02. The normalized spacial score (nSPS) is 10.5. The van der Waals surface area contributed by atoms with E-state index < -0.39 is 5.82 Å². The van der Waals surface area contributed by atoms with E-state index in [9.17, 15) is 4.39 Å². The quantitative estimate of drug-likeness (QED) is 0.600. The van der Waals surface area contributed by atoms with Gasteiger partial charge in [0.05, 0.1) is 5.69 Å². The molecule has 4 heteroatoms. The van der Waals surface area contributed by atoms with Crippen LogP contribution in [0.3, 0.4) is 0 Å². The highest BCUT2D eigenvalue weighted by Gasteiger charge is 2.03. The van der Waals surface area contributed by atoms with Gasteiger partial charge in [0.15, 0.2) is 0 Å². The summed E-state index contributed by atoms with van der Waals surface area (Å²) in [6.07, 6.45) is 1.56. The van der Waals surface area contributed by atoms with E-state index in [-0.39, 0.29) is 5.69 Å². The summed E-state index contributed by atoms with van der Waals surface area (Å²) < 4.78 is 13.0. The molecular weight excluding hydrogens is 169 g/mol. The number of hydrogen-bond acceptors (Lipinski definition) is 3. The average Bonchev–Trinajstić information content (AvgIpc) is 2.09. The van der Waals surface area contributed by atoms with E-state index in [0.717, 1.165) is 5.39 Å². The number of hydrogen-bond donors (Lipinski definition) is 2. The second kappa shape index (κ2) is 2.58. The smallest absolute Gasteiger partial charge is 0.146 e. The molecule has 1 aromatic carbocycles. The molecule has 66 valence electrons. The summed E-state index contributed by atoms with van der Waals surface area (Å²) in [5.41, 5.74) is 11.1. The first kappa shape index (κ1) is 7.79. The number of fused-ring (bicyclic) bond motifs is 1. The number of benzene rings is 1. The summed E-state index contributed by atoms with van der Waals surface area (Å²) >= 11 is 0. The minimum absolute atomic E-state index is 0.123. The predicted molar refractivity (Wildman–Crippen MR) is 50.5 cm³/mol. The summed E-state index contributed by atoms with van der Waals surface area (Å²) in [6.45, 7) is 0. The molecule has 0 aliphatic heterocycles. The Morgan fingerprint density at radius 2 is 2.00 bits per heavy atom. The lowest BCUT2D eigenvalue weighted by atomic mass is 10.1. The zero-order chi connectivity index (χ0) is 9.42. The topological polar surface area (TPSA) is 64.9 Å². The van der Waals surface area contributed by atoms with Gasteiger partial charge in [-0.05, 0) is 23.6 Å². The second-order valence-corrected chi connectivity index (χ2v) is 2.79. The fraction of sp³-hybridized carbons (Fsp3) is 0. The van der Waals surface area contributed by atoms with Gasteiger partial charge in [0.25, 0.3) is 0 Å². The predicted octanol–water partition coefficient (Wildman–Crippen LogP) is 1.54. The van der Waals surface area contributed by atoms with Crippen LogP contribution < -0.4 is 11.5 Å². The number of rotatable bonds is 0. The summed E-state index contributed by atoms with van der Waals surface area (Å²) in [4.78, 5) is 3.85. The van der Waals surface area contributed by atoms with Crippen molar-refractivity contribution in [1.82, 2.24) is 4.98 Å². The van der Waals surface area contributed by atoms with Crippen LogP contribution in [0.4, 0.5) is 15.9 Å². The van der Waals surface area contributed by atoms with E-state index in [4.69, 9.17) is 11.5 Å². The van der Waals surface area contributed by atoms with Crippen molar-refractivity contribution in [2.75, 3.05) is 11.5 Å². The van der Waals surface area contributed by atoms with Gasteiger partial charge in [-0.15, -0.1) is 0 Å². The van der Waals surface area contributed by atoms with Gasteiger partial charge in [-0.3, -0.25) is 0 Å². The third-order valence-electron chi connectivity index (χ3n) is 1.91. The lowest BCUT2D eigenvalue weighted by molar-refractivity contribution is 0.634. The van der Waals surface area contributed by atoms with Crippen LogP contribution >= 0.6 is 0 Å². The SMILES string of the molecule is Nc1cc2ccnc(N)c2cc1F. The maximum atomic E-state index is 13.0. The van der Waals surface area contributed by atoms with Crippen LogP contribution in [-0.4, -0.2) is 4.98 Å². The van der Waals surface area contributed by atoms with Crippen LogP contribution in [0, 0.1) is 5.82 Å². The van der Waals surface area contributed by atoms with E-state index in [1.807, 2.05) is 0 Å². The van der Waals surface area contributed by atoms with E-state index in [1.54, 1.807) is 18.3 Å². The number of anilines is 2. The molecule has 13 heavy (non-hydrogen) atoms. The van der Waals surface area contributed by atoms with E-state index in [1.165, 1.54) is 6.07 Å². The molecular formula is C9H8FN3. The largest absolute Gasteiger partial charge is 0.396 e. The minimum atomic E-state index is -0.466. The second-order valence-electron chi connectivity index (χ2n) is 2.79. The molecule has 0 amide bonds. The molecule has 4 N–H and O–H groups in total.